The van der Waals surface area contributed by atoms with Crippen LogP contribution in [0.15, 0.2) is 57.5 Å². The van der Waals surface area contributed by atoms with Gasteiger partial charge in [-0.15, -0.1) is 10.2 Å². The number of pyridine rings is 3. The second kappa shape index (κ2) is 12.9. The van der Waals surface area contributed by atoms with E-state index in [9.17, 15) is 16.8 Å². The summed E-state index contributed by atoms with van der Waals surface area (Å²) in [6.45, 7) is 5.42. The molecule has 6 heterocycles. The van der Waals surface area contributed by atoms with Crippen LogP contribution in [0.5, 0.6) is 11.8 Å². The molecule has 0 fully saturated rings. The second-order valence-electron chi connectivity index (χ2n) is 9.98. The van der Waals surface area contributed by atoms with Crippen molar-refractivity contribution in [2.75, 3.05) is 23.7 Å². The molecule has 0 radical (unpaired) electrons. The first-order valence-electron chi connectivity index (χ1n) is 13.3. The molecule has 6 aromatic rings. The average molecular weight is 769 g/mol. The van der Waals surface area contributed by atoms with Crippen molar-refractivity contribution >= 4 is 70.4 Å². The maximum absolute atomic E-state index is 12.6. The van der Waals surface area contributed by atoms with E-state index in [0.717, 1.165) is 11.1 Å². The van der Waals surface area contributed by atoms with Crippen molar-refractivity contribution in [3.05, 3.63) is 69.0 Å². The lowest BCUT2D eigenvalue weighted by Gasteiger charge is -2.08. The highest BCUT2D eigenvalue weighted by Crippen LogP contribution is 2.26. The molecule has 0 unspecified atom stereocenters. The van der Waals surface area contributed by atoms with E-state index in [1.54, 1.807) is 50.5 Å². The normalized spacial score (nSPS) is 11.7. The van der Waals surface area contributed by atoms with E-state index in [1.165, 1.54) is 34.1 Å². The third-order valence-electron chi connectivity index (χ3n) is 6.32. The number of sulfonamides is 2. The summed E-state index contributed by atoms with van der Waals surface area (Å²) in [5.41, 5.74) is 3.32. The van der Waals surface area contributed by atoms with Crippen LogP contribution in [0.1, 0.15) is 16.7 Å². The van der Waals surface area contributed by atoms with Gasteiger partial charge in [-0.2, -0.15) is 40.9 Å². The van der Waals surface area contributed by atoms with Crippen molar-refractivity contribution in [2.45, 2.75) is 31.1 Å². The van der Waals surface area contributed by atoms with E-state index in [4.69, 9.17) is 21.1 Å². The monoisotopic (exact) mass is 767 g/mol. The van der Waals surface area contributed by atoms with Crippen LogP contribution in [0.25, 0.3) is 11.3 Å². The predicted octanol–water partition coefficient (Wildman–Crippen LogP) is 3.55. The highest BCUT2D eigenvalue weighted by molar-refractivity contribution is 9.10. The Kier molecular flexibility index (Phi) is 9.31. The molecule has 0 atom stereocenters. The number of aryl methyl sites for hydroxylation is 4. The summed E-state index contributed by atoms with van der Waals surface area (Å²) < 4.78 is 69.9. The van der Waals surface area contributed by atoms with Crippen LogP contribution >= 0.6 is 27.5 Å². The van der Waals surface area contributed by atoms with Gasteiger partial charge in [0.25, 0.3) is 20.3 Å². The average Bonchev–Trinajstić information content (AvgIpc) is 3.71. The quantitative estimate of drug-likeness (QED) is 0.214. The maximum atomic E-state index is 12.6. The summed E-state index contributed by atoms with van der Waals surface area (Å²) in [7, 11) is -3.37. The molecule has 0 saturated heterocycles. The molecule has 0 aliphatic rings. The molecule has 2 N–H and O–H groups in total. The first-order valence-corrected chi connectivity index (χ1v) is 17.4. The lowest BCUT2D eigenvalue weighted by molar-refractivity contribution is 0.384. The molecule has 248 valence electrons. The molecular formula is C26H27BrClN11O6S2. The Bertz CT molecular complexity index is 2340. The van der Waals surface area contributed by atoms with Crippen LogP contribution in [-0.2, 0) is 27.1 Å². The molecule has 47 heavy (non-hydrogen) atoms. The fourth-order valence-corrected chi connectivity index (χ4v) is 7.00. The minimum Gasteiger partial charge on any atom is -0.481 e. The van der Waals surface area contributed by atoms with Gasteiger partial charge in [-0.3, -0.25) is 14.1 Å². The lowest BCUT2D eigenvalue weighted by Crippen LogP contribution is -2.16. The van der Waals surface area contributed by atoms with Crippen molar-refractivity contribution in [1.29, 1.82) is 0 Å². The van der Waals surface area contributed by atoms with Crippen molar-refractivity contribution in [3.63, 3.8) is 0 Å². The molecular weight excluding hydrogens is 742 g/mol. The summed E-state index contributed by atoms with van der Waals surface area (Å²) in [5.74, 6) is 0.942. The largest absolute Gasteiger partial charge is 0.481 e. The van der Waals surface area contributed by atoms with Crippen LogP contribution in [-0.4, -0.2) is 75.0 Å². The predicted molar refractivity (Wildman–Crippen MR) is 175 cm³/mol. The summed E-state index contributed by atoms with van der Waals surface area (Å²) in [5, 5.41) is 11.3. The fraction of sp³-hybridized carbons (Fsp3) is 0.231. The summed E-state index contributed by atoms with van der Waals surface area (Å²) in [6.07, 6.45) is 3.12. The molecule has 0 saturated carbocycles. The van der Waals surface area contributed by atoms with Crippen LogP contribution < -0.4 is 18.9 Å². The molecule has 0 aliphatic heterocycles. The molecule has 0 amide bonds. The number of hydrogen-bond donors (Lipinski definition) is 2. The number of hydrogen-bond acceptors (Lipinski definition) is 12. The van der Waals surface area contributed by atoms with Gasteiger partial charge in [-0.05, 0) is 71.6 Å². The van der Waals surface area contributed by atoms with Crippen molar-refractivity contribution in [1.82, 2.24) is 44.0 Å². The number of fused-ring (bicyclic) bond motifs is 2. The summed E-state index contributed by atoms with van der Waals surface area (Å²) in [6, 6.07) is 8.53. The number of nitrogens with one attached hydrogen (secondary N) is 2. The van der Waals surface area contributed by atoms with Gasteiger partial charge in [-0.25, -0.2) is 4.98 Å². The zero-order valence-corrected chi connectivity index (χ0v) is 29.6. The Morgan fingerprint density at radius 2 is 1.32 bits per heavy atom. The Hall–Kier alpha value is -4.53. The van der Waals surface area contributed by atoms with Crippen LogP contribution in [0, 0.1) is 20.8 Å². The molecule has 0 aromatic carbocycles. The number of anilines is 2. The van der Waals surface area contributed by atoms with E-state index in [1.807, 2.05) is 13.8 Å². The Morgan fingerprint density at radius 1 is 0.809 bits per heavy atom. The van der Waals surface area contributed by atoms with Gasteiger partial charge in [0, 0.05) is 31.6 Å². The summed E-state index contributed by atoms with van der Waals surface area (Å²) in [4.78, 5) is 12.0. The maximum Gasteiger partial charge on any atom is 0.300 e. The van der Waals surface area contributed by atoms with Gasteiger partial charge < -0.3 is 9.47 Å². The Balaban J connectivity index is 0.000000185. The van der Waals surface area contributed by atoms with Gasteiger partial charge in [0.1, 0.15) is 0 Å². The van der Waals surface area contributed by atoms with E-state index >= 15 is 0 Å². The minimum atomic E-state index is -4.03. The van der Waals surface area contributed by atoms with Crippen molar-refractivity contribution < 1.29 is 26.3 Å². The Morgan fingerprint density at radius 3 is 1.77 bits per heavy atom. The number of methoxy groups -OCH3 is 2. The van der Waals surface area contributed by atoms with Crippen LogP contribution in [0.4, 0.5) is 11.5 Å². The molecule has 6 aromatic heterocycles. The standard InChI is InChI=1S/C14H14ClN5O3S.C12H13BrN6O3S/c1-8-6-10-17-14(18-20(10)11(7-8)23-3)24(21,22)19-12-9(2)4-5-16-13(12)15;1-7-4-9-14-12(16-19(9)10(5-7)22-3)23(20,21)17-11-8(13)6-18(2)15-11/h4-7,19H,1-3H3;4-6H,1-3H3,(H,15,17). The van der Waals surface area contributed by atoms with E-state index in [2.05, 4.69) is 55.6 Å². The second-order valence-corrected chi connectivity index (χ2v) is 14.3. The number of nitrogens with zero attached hydrogens (tertiary/aromatic N) is 9. The smallest absolute Gasteiger partial charge is 0.300 e. The highest BCUT2D eigenvalue weighted by atomic mass is 79.9. The molecule has 21 heteroatoms. The SMILES string of the molecule is COc1cc(C)cc2nc(S(=O)(=O)Nc3c(C)ccnc3Cl)nn12.COc1cc(C)cc2nc(S(=O)(=O)Nc3nn(C)cc3Br)nn12. The lowest BCUT2D eigenvalue weighted by atomic mass is 10.3. The van der Waals surface area contributed by atoms with E-state index in [-0.39, 0.29) is 27.0 Å². The van der Waals surface area contributed by atoms with Crippen LogP contribution in [0.3, 0.4) is 0 Å². The number of ether oxygens (including phenoxy) is 2. The summed E-state index contributed by atoms with van der Waals surface area (Å²) >= 11 is 9.20. The van der Waals surface area contributed by atoms with Crippen molar-refractivity contribution in [2.24, 2.45) is 7.05 Å². The molecule has 0 bridgehead atoms. The van der Waals surface area contributed by atoms with E-state index < -0.39 is 20.0 Å². The molecule has 17 nitrogen and oxygen atoms in total. The van der Waals surface area contributed by atoms with Crippen molar-refractivity contribution in [3.8, 4) is 11.8 Å². The zero-order chi connectivity index (χ0) is 34.3. The van der Waals surface area contributed by atoms with E-state index in [0.29, 0.717) is 33.1 Å². The fourth-order valence-electron chi connectivity index (χ4n) is 4.17. The van der Waals surface area contributed by atoms with Gasteiger partial charge in [0.05, 0.1) is 24.4 Å². The van der Waals surface area contributed by atoms with Crippen LogP contribution in [0.2, 0.25) is 5.15 Å². The van der Waals surface area contributed by atoms with Gasteiger partial charge in [0.2, 0.25) is 11.8 Å². The van der Waals surface area contributed by atoms with Gasteiger partial charge in [0.15, 0.2) is 22.3 Å². The first kappa shape index (κ1) is 33.8. The topological polar surface area (TPSA) is 202 Å². The Labute approximate surface area is 282 Å². The molecule has 0 spiro atoms. The number of halogens is 2. The van der Waals surface area contributed by atoms with Gasteiger partial charge in [-0.1, -0.05) is 11.6 Å². The van der Waals surface area contributed by atoms with Gasteiger partial charge >= 0.3 is 10.0 Å². The zero-order valence-electron chi connectivity index (χ0n) is 25.6. The number of aromatic nitrogens is 9. The molecule has 0 aliphatic carbocycles. The third kappa shape index (κ3) is 7.09. The first-order chi connectivity index (χ1) is 22.1. The highest BCUT2D eigenvalue weighted by Gasteiger charge is 2.25. The third-order valence-corrected chi connectivity index (χ3v) is 9.43. The number of rotatable bonds is 8. The minimum absolute atomic E-state index is 0.0516. The molecule has 6 rings (SSSR count).